The quantitative estimate of drug-likeness (QED) is 0.778. The van der Waals surface area contributed by atoms with E-state index in [1.807, 2.05) is 36.9 Å². The van der Waals surface area contributed by atoms with Gasteiger partial charge in [0.1, 0.15) is 5.82 Å². The van der Waals surface area contributed by atoms with Gasteiger partial charge in [0.15, 0.2) is 0 Å². The largest absolute Gasteiger partial charge is 0.336 e. The molecule has 0 aromatic heterocycles. The van der Waals surface area contributed by atoms with Crippen LogP contribution in [0.25, 0.3) is 0 Å². The molecular formula is C21H23BrFN3O2. The number of carbonyl (C=O) groups is 2. The minimum atomic E-state index is -0.386. The third-order valence-electron chi connectivity index (χ3n) is 5.07. The average Bonchev–Trinajstić information content (AvgIpc) is 2.65. The molecule has 1 saturated heterocycles. The van der Waals surface area contributed by atoms with Gasteiger partial charge in [0, 0.05) is 36.3 Å². The average molecular weight is 448 g/mol. The minimum Gasteiger partial charge on any atom is -0.336 e. The van der Waals surface area contributed by atoms with Crippen molar-refractivity contribution in [1.29, 1.82) is 0 Å². The van der Waals surface area contributed by atoms with Gasteiger partial charge in [0.25, 0.3) is 5.91 Å². The van der Waals surface area contributed by atoms with Gasteiger partial charge in [-0.2, -0.15) is 0 Å². The molecule has 28 heavy (non-hydrogen) atoms. The number of aryl methyl sites for hydroxylation is 1. The van der Waals surface area contributed by atoms with E-state index >= 15 is 0 Å². The molecule has 1 aliphatic heterocycles. The first-order chi connectivity index (χ1) is 13.3. The topological polar surface area (TPSA) is 52.7 Å². The van der Waals surface area contributed by atoms with Crippen LogP contribution in [-0.4, -0.2) is 54.3 Å². The molecule has 2 aromatic rings. The number of rotatable bonds is 4. The molecule has 0 aliphatic carbocycles. The van der Waals surface area contributed by atoms with Crippen molar-refractivity contribution in [1.82, 2.24) is 9.80 Å². The van der Waals surface area contributed by atoms with Gasteiger partial charge in [-0.1, -0.05) is 12.1 Å². The van der Waals surface area contributed by atoms with Gasteiger partial charge in [-0.25, -0.2) is 4.39 Å². The van der Waals surface area contributed by atoms with E-state index in [-0.39, 0.29) is 24.2 Å². The van der Waals surface area contributed by atoms with E-state index in [1.165, 1.54) is 18.2 Å². The Bertz CT molecular complexity index is 895. The van der Waals surface area contributed by atoms with Crippen LogP contribution in [-0.2, 0) is 4.79 Å². The Hall–Kier alpha value is -2.25. The summed E-state index contributed by atoms with van der Waals surface area (Å²) >= 11 is 3.25. The van der Waals surface area contributed by atoms with E-state index in [1.54, 1.807) is 4.90 Å². The summed E-state index contributed by atoms with van der Waals surface area (Å²) in [6.07, 6.45) is 0. The van der Waals surface area contributed by atoms with Gasteiger partial charge in [0.05, 0.1) is 12.1 Å². The van der Waals surface area contributed by atoms with Crippen molar-refractivity contribution in [2.24, 2.45) is 0 Å². The first-order valence-corrected chi connectivity index (χ1v) is 9.97. The number of amides is 2. The molecule has 0 bridgehead atoms. The Morgan fingerprint density at radius 3 is 2.50 bits per heavy atom. The number of anilines is 1. The van der Waals surface area contributed by atoms with Crippen LogP contribution < -0.4 is 5.32 Å². The zero-order valence-electron chi connectivity index (χ0n) is 16.0. The molecule has 148 valence electrons. The van der Waals surface area contributed by atoms with E-state index in [9.17, 15) is 14.0 Å². The second-order valence-electron chi connectivity index (χ2n) is 6.99. The lowest BCUT2D eigenvalue weighted by molar-refractivity contribution is -0.117. The van der Waals surface area contributed by atoms with Crippen molar-refractivity contribution in [3.8, 4) is 0 Å². The van der Waals surface area contributed by atoms with Crippen LogP contribution in [0.15, 0.2) is 40.9 Å². The number of halogens is 2. The number of nitrogens with zero attached hydrogens (tertiary/aromatic N) is 2. The molecule has 5 nitrogen and oxygen atoms in total. The molecule has 0 saturated carbocycles. The first-order valence-electron chi connectivity index (χ1n) is 9.18. The summed E-state index contributed by atoms with van der Waals surface area (Å²) < 4.78 is 13.7. The Morgan fingerprint density at radius 1 is 1.11 bits per heavy atom. The SMILES string of the molecule is Cc1cccc(NC(=O)CN2CCN(C(=O)c3ccc(F)cc3Br)CC2)c1C. The van der Waals surface area contributed by atoms with Gasteiger partial charge in [0.2, 0.25) is 5.91 Å². The maximum absolute atomic E-state index is 13.2. The normalized spacial score (nSPS) is 14.8. The van der Waals surface area contributed by atoms with Gasteiger partial charge in [-0.15, -0.1) is 0 Å². The molecule has 1 heterocycles. The zero-order chi connectivity index (χ0) is 20.3. The molecule has 0 unspecified atom stereocenters. The fourth-order valence-corrected chi connectivity index (χ4v) is 3.74. The third-order valence-corrected chi connectivity index (χ3v) is 5.72. The molecule has 1 N–H and O–H groups in total. The first kappa shape index (κ1) is 20.5. The molecule has 7 heteroatoms. The van der Waals surface area contributed by atoms with Crippen molar-refractivity contribution in [2.45, 2.75) is 13.8 Å². The fourth-order valence-electron chi connectivity index (χ4n) is 3.22. The molecule has 1 aliphatic rings. The summed E-state index contributed by atoms with van der Waals surface area (Å²) in [7, 11) is 0. The molecule has 0 atom stereocenters. The van der Waals surface area contributed by atoms with Crippen molar-refractivity contribution >= 4 is 33.4 Å². The van der Waals surface area contributed by atoms with Crippen molar-refractivity contribution in [2.75, 3.05) is 38.0 Å². The second kappa shape index (κ2) is 8.84. The van der Waals surface area contributed by atoms with Crippen molar-refractivity contribution in [3.05, 3.63) is 63.4 Å². The number of benzene rings is 2. The molecular weight excluding hydrogens is 425 g/mol. The summed E-state index contributed by atoms with van der Waals surface area (Å²) in [5.74, 6) is -0.579. The van der Waals surface area contributed by atoms with Gasteiger partial charge < -0.3 is 10.2 Å². The Labute approximate surface area is 172 Å². The Morgan fingerprint density at radius 2 is 1.82 bits per heavy atom. The second-order valence-corrected chi connectivity index (χ2v) is 7.84. The van der Waals surface area contributed by atoms with E-state index in [0.717, 1.165) is 16.8 Å². The van der Waals surface area contributed by atoms with E-state index in [2.05, 4.69) is 21.2 Å². The molecule has 2 aromatic carbocycles. The predicted molar refractivity (Wildman–Crippen MR) is 111 cm³/mol. The molecule has 3 rings (SSSR count). The maximum Gasteiger partial charge on any atom is 0.255 e. The van der Waals surface area contributed by atoms with Gasteiger partial charge >= 0.3 is 0 Å². The van der Waals surface area contributed by atoms with Crippen molar-refractivity contribution in [3.63, 3.8) is 0 Å². The van der Waals surface area contributed by atoms with Crippen molar-refractivity contribution < 1.29 is 14.0 Å². The zero-order valence-corrected chi connectivity index (χ0v) is 17.6. The van der Waals surface area contributed by atoms with Crippen LogP contribution >= 0.6 is 15.9 Å². The lowest BCUT2D eigenvalue weighted by Gasteiger charge is -2.34. The van der Waals surface area contributed by atoms with Gasteiger partial charge in [-0.3, -0.25) is 14.5 Å². The fraction of sp³-hybridized carbons (Fsp3) is 0.333. The summed E-state index contributed by atoms with van der Waals surface area (Å²) in [4.78, 5) is 28.8. The Kier molecular flexibility index (Phi) is 6.46. The smallest absolute Gasteiger partial charge is 0.255 e. The summed E-state index contributed by atoms with van der Waals surface area (Å²) in [5, 5.41) is 2.97. The van der Waals surface area contributed by atoms with Crippen LogP contribution in [0.2, 0.25) is 0 Å². The number of piperazine rings is 1. The molecule has 1 fully saturated rings. The van der Waals surface area contributed by atoms with E-state index < -0.39 is 0 Å². The lowest BCUT2D eigenvalue weighted by Crippen LogP contribution is -2.50. The van der Waals surface area contributed by atoms with E-state index in [0.29, 0.717) is 36.2 Å². The Balaban J connectivity index is 1.53. The number of carbonyl (C=O) groups excluding carboxylic acids is 2. The highest BCUT2D eigenvalue weighted by Crippen LogP contribution is 2.21. The molecule has 0 radical (unpaired) electrons. The van der Waals surface area contributed by atoms with Gasteiger partial charge in [-0.05, 0) is 65.2 Å². The van der Waals surface area contributed by atoms with Crippen LogP contribution in [0, 0.1) is 19.7 Å². The summed E-state index contributed by atoms with van der Waals surface area (Å²) in [5.41, 5.74) is 3.48. The predicted octanol–water partition coefficient (Wildman–Crippen LogP) is 3.60. The number of hydrogen-bond donors (Lipinski definition) is 1. The number of hydrogen-bond acceptors (Lipinski definition) is 3. The summed E-state index contributed by atoms with van der Waals surface area (Å²) in [6.45, 7) is 6.58. The number of nitrogens with one attached hydrogen (secondary N) is 1. The van der Waals surface area contributed by atoms with Crippen LogP contribution in [0.5, 0.6) is 0 Å². The van der Waals surface area contributed by atoms with Crippen LogP contribution in [0.1, 0.15) is 21.5 Å². The standard InChI is InChI=1S/C21H23BrFN3O2/c1-14-4-3-5-19(15(14)2)24-20(27)13-25-8-10-26(11-9-25)21(28)17-7-6-16(23)12-18(17)22/h3-7,12H,8-11,13H2,1-2H3,(H,24,27). The highest BCUT2D eigenvalue weighted by Gasteiger charge is 2.24. The highest BCUT2D eigenvalue weighted by atomic mass is 79.9. The van der Waals surface area contributed by atoms with E-state index in [4.69, 9.17) is 0 Å². The lowest BCUT2D eigenvalue weighted by atomic mass is 10.1. The monoisotopic (exact) mass is 447 g/mol. The van der Waals surface area contributed by atoms with Crippen LogP contribution in [0.3, 0.4) is 0 Å². The minimum absolute atomic E-state index is 0.0604. The summed E-state index contributed by atoms with van der Waals surface area (Å²) in [6, 6.07) is 9.91. The maximum atomic E-state index is 13.2. The molecule has 0 spiro atoms. The van der Waals surface area contributed by atoms with Crippen LogP contribution in [0.4, 0.5) is 10.1 Å². The molecule has 2 amide bonds. The highest BCUT2D eigenvalue weighted by molar-refractivity contribution is 9.10. The third kappa shape index (κ3) is 4.77.